The summed E-state index contributed by atoms with van der Waals surface area (Å²) >= 11 is 0. The summed E-state index contributed by atoms with van der Waals surface area (Å²) in [5.41, 5.74) is 0.949. The van der Waals surface area contributed by atoms with Gasteiger partial charge in [0.15, 0.2) is 0 Å². The molecule has 0 atom stereocenters. The maximum Gasteiger partial charge on any atom is 0.410 e. The quantitative estimate of drug-likeness (QED) is 0.694. The van der Waals surface area contributed by atoms with Crippen LogP contribution in [0.15, 0.2) is 24.3 Å². The van der Waals surface area contributed by atoms with Crippen LogP contribution >= 0.6 is 0 Å². The standard InChI is InChI=1S/C21H33NO3/c1-6-13-21(4,5)25-20(23)22-14-11-18(12-15-22)17-7-9-19(10-8-17)24-16(2)3/h7-10,16,18H,6,11-15H2,1-5H3. The fourth-order valence-corrected chi connectivity index (χ4v) is 3.44. The van der Waals surface area contributed by atoms with Crippen LogP contribution in [-0.4, -0.2) is 35.8 Å². The van der Waals surface area contributed by atoms with E-state index in [1.165, 1.54) is 5.56 Å². The Hall–Kier alpha value is -1.71. The lowest BCUT2D eigenvalue weighted by atomic mass is 9.89. The largest absolute Gasteiger partial charge is 0.491 e. The molecule has 0 bridgehead atoms. The summed E-state index contributed by atoms with van der Waals surface area (Å²) in [5.74, 6) is 1.42. The van der Waals surface area contributed by atoms with Crippen LogP contribution in [-0.2, 0) is 4.74 Å². The summed E-state index contributed by atoms with van der Waals surface area (Å²) in [4.78, 5) is 14.2. The summed E-state index contributed by atoms with van der Waals surface area (Å²) in [7, 11) is 0. The SMILES string of the molecule is CCCC(C)(C)OC(=O)N1CCC(c2ccc(OC(C)C)cc2)CC1. The third kappa shape index (κ3) is 5.94. The van der Waals surface area contributed by atoms with Gasteiger partial charge in [-0.3, -0.25) is 0 Å². The zero-order valence-electron chi connectivity index (χ0n) is 16.4. The summed E-state index contributed by atoms with van der Waals surface area (Å²) in [6, 6.07) is 8.40. The number of likely N-dealkylation sites (tertiary alicyclic amines) is 1. The van der Waals surface area contributed by atoms with Gasteiger partial charge in [0.25, 0.3) is 0 Å². The highest BCUT2D eigenvalue weighted by Gasteiger charge is 2.29. The number of amides is 1. The van der Waals surface area contributed by atoms with E-state index in [0.29, 0.717) is 5.92 Å². The Balaban J connectivity index is 1.85. The van der Waals surface area contributed by atoms with Gasteiger partial charge in [-0.25, -0.2) is 4.79 Å². The van der Waals surface area contributed by atoms with Crippen LogP contribution in [0, 0.1) is 0 Å². The fraction of sp³-hybridized carbons (Fsp3) is 0.667. The number of rotatable bonds is 6. The molecule has 140 valence electrons. The molecule has 1 heterocycles. The van der Waals surface area contributed by atoms with Crippen molar-refractivity contribution in [3.63, 3.8) is 0 Å². The molecule has 4 nitrogen and oxygen atoms in total. The van der Waals surface area contributed by atoms with Crippen LogP contribution in [0.5, 0.6) is 5.75 Å². The molecule has 2 rings (SSSR count). The van der Waals surface area contributed by atoms with E-state index in [1.54, 1.807) is 0 Å². The minimum atomic E-state index is -0.380. The van der Waals surface area contributed by atoms with Crippen LogP contribution < -0.4 is 4.74 Å². The zero-order chi connectivity index (χ0) is 18.4. The van der Waals surface area contributed by atoms with Crippen molar-refractivity contribution in [3.05, 3.63) is 29.8 Å². The van der Waals surface area contributed by atoms with Gasteiger partial charge in [0.2, 0.25) is 0 Å². The van der Waals surface area contributed by atoms with E-state index in [0.717, 1.165) is 44.5 Å². The number of nitrogens with zero attached hydrogens (tertiary/aromatic N) is 1. The van der Waals surface area contributed by atoms with E-state index in [2.05, 4.69) is 19.1 Å². The molecule has 1 aromatic carbocycles. The summed E-state index contributed by atoms with van der Waals surface area (Å²) < 4.78 is 11.4. The van der Waals surface area contributed by atoms with E-state index in [4.69, 9.17) is 9.47 Å². The average molecular weight is 347 g/mol. The fourth-order valence-electron chi connectivity index (χ4n) is 3.44. The Bertz CT molecular complexity index is 543. The number of hydrogen-bond donors (Lipinski definition) is 0. The molecule has 1 aliphatic rings. The smallest absolute Gasteiger partial charge is 0.410 e. The van der Waals surface area contributed by atoms with Crippen molar-refractivity contribution in [2.75, 3.05) is 13.1 Å². The number of hydrogen-bond acceptors (Lipinski definition) is 3. The van der Waals surface area contributed by atoms with Crippen LogP contribution in [0.2, 0.25) is 0 Å². The molecule has 0 aromatic heterocycles. The topological polar surface area (TPSA) is 38.8 Å². The highest BCUT2D eigenvalue weighted by atomic mass is 16.6. The molecule has 1 aromatic rings. The van der Waals surface area contributed by atoms with Gasteiger partial charge >= 0.3 is 6.09 Å². The number of ether oxygens (including phenoxy) is 2. The monoisotopic (exact) mass is 347 g/mol. The maximum absolute atomic E-state index is 12.4. The van der Waals surface area contributed by atoms with Crippen molar-refractivity contribution in [2.45, 2.75) is 77.9 Å². The van der Waals surface area contributed by atoms with E-state index < -0.39 is 0 Å². The predicted molar refractivity (Wildman–Crippen MR) is 101 cm³/mol. The Kier molecular flexibility index (Phi) is 6.74. The normalized spacial score (nSPS) is 16.2. The predicted octanol–water partition coefficient (Wildman–Crippen LogP) is 5.37. The molecule has 0 saturated carbocycles. The molecule has 0 aliphatic carbocycles. The molecule has 0 unspecified atom stereocenters. The molecular formula is C21H33NO3. The number of piperidine rings is 1. The van der Waals surface area contributed by atoms with E-state index in [-0.39, 0.29) is 17.8 Å². The second-order valence-electron chi connectivity index (χ2n) is 7.87. The van der Waals surface area contributed by atoms with E-state index >= 15 is 0 Å². The Labute approximate surface area is 152 Å². The van der Waals surface area contributed by atoms with Gasteiger partial charge in [-0.2, -0.15) is 0 Å². The second-order valence-corrected chi connectivity index (χ2v) is 7.87. The molecule has 1 amide bonds. The first-order chi connectivity index (χ1) is 11.8. The van der Waals surface area contributed by atoms with Crippen molar-refractivity contribution < 1.29 is 14.3 Å². The zero-order valence-corrected chi connectivity index (χ0v) is 16.4. The summed E-state index contributed by atoms with van der Waals surface area (Å²) in [5, 5.41) is 0. The lowest BCUT2D eigenvalue weighted by Crippen LogP contribution is -2.42. The van der Waals surface area contributed by atoms with E-state index in [9.17, 15) is 4.79 Å². The Morgan fingerprint density at radius 1 is 1.20 bits per heavy atom. The molecule has 4 heteroatoms. The van der Waals surface area contributed by atoms with Gasteiger partial charge in [-0.15, -0.1) is 0 Å². The van der Waals surface area contributed by atoms with Gasteiger partial charge in [-0.05, 0) is 70.6 Å². The minimum absolute atomic E-state index is 0.169. The molecular weight excluding hydrogens is 314 g/mol. The molecule has 0 radical (unpaired) electrons. The minimum Gasteiger partial charge on any atom is -0.491 e. The third-order valence-electron chi connectivity index (χ3n) is 4.69. The number of benzene rings is 1. The summed E-state index contributed by atoms with van der Waals surface area (Å²) in [6.45, 7) is 11.7. The van der Waals surface area contributed by atoms with Crippen LogP contribution in [0.3, 0.4) is 0 Å². The van der Waals surface area contributed by atoms with Crippen molar-refractivity contribution >= 4 is 6.09 Å². The third-order valence-corrected chi connectivity index (χ3v) is 4.69. The van der Waals surface area contributed by atoms with Crippen LogP contribution in [0.1, 0.15) is 71.8 Å². The first-order valence-corrected chi connectivity index (χ1v) is 9.55. The van der Waals surface area contributed by atoms with Gasteiger partial charge < -0.3 is 14.4 Å². The molecule has 1 saturated heterocycles. The number of carbonyl (C=O) groups is 1. The lowest BCUT2D eigenvalue weighted by Gasteiger charge is -2.34. The lowest BCUT2D eigenvalue weighted by molar-refractivity contribution is 0.00440. The average Bonchev–Trinajstić information content (AvgIpc) is 2.54. The van der Waals surface area contributed by atoms with E-state index in [1.807, 2.05) is 44.7 Å². The van der Waals surface area contributed by atoms with Gasteiger partial charge in [0.05, 0.1) is 6.10 Å². The van der Waals surface area contributed by atoms with Gasteiger partial charge in [0, 0.05) is 13.1 Å². The second kappa shape index (κ2) is 8.59. The first-order valence-electron chi connectivity index (χ1n) is 9.55. The Morgan fingerprint density at radius 2 is 1.80 bits per heavy atom. The first kappa shape index (κ1) is 19.6. The van der Waals surface area contributed by atoms with Crippen molar-refractivity contribution in [1.82, 2.24) is 4.90 Å². The summed E-state index contributed by atoms with van der Waals surface area (Å²) in [6.07, 6.45) is 3.88. The van der Waals surface area contributed by atoms with Crippen LogP contribution in [0.25, 0.3) is 0 Å². The Morgan fingerprint density at radius 3 is 2.32 bits per heavy atom. The molecule has 0 spiro atoms. The number of carbonyl (C=O) groups excluding carboxylic acids is 1. The van der Waals surface area contributed by atoms with Gasteiger partial charge in [-0.1, -0.05) is 25.5 Å². The van der Waals surface area contributed by atoms with Crippen LogP contribution in [0.4, 0.5) is 4.79 Å². The molecule has 1 aliphatic heterocycles. The molecule has 0 N–H and O–H groups in total. The molecule has 25 heavy (non-hydrogen) atoms. The van der Waals surface area contributed by atoms with Crippen molar-refractivity contribution in [1.29, 1.82) is 0 Å². The van der Waals surface area contributed by atoms with Gasteiger partial charge in [0.1, 0.15) is 11.4 Å². The highest BCUT2D eigenvalue weighted by molar-refractivity contribution is 5.68. The molecule has 1 fully saturated rings. The van der Waals surface area contributed by atoms with Crippen molar-refractivity contribution in [2.24, 2.45) is 0 Å². The maximum atomic E-state index is 12.4. The highest BCUT2D eigenvalue weighted by Crippen LogP contribution is 2.30. The van der Waals surface area contributed by atoms with Crippen molar-refractivity contribution in [3.8, 4) is 5.75 Å².